The van der Waals surface area contributed by atoms with Gasteiger partial charge in [0.1, 0.15) is 16.3 Å². The molecule has 0 aliphatic rings. The second kappa shape index (κ2) is 9.97. The molecule has 0 radical (unpaired) electrons. The normalized spacial score (nSPS) is 11.3. The van der Waals surface area contributed by atoms with Gasteiger partial charge in [-0.1, -0.05) is 41.9 Å². The van der Waals surface area contributed by atoms with Crippen LogP contribution >= 0.6 is 22.9 Å². The van der Waals surface area contributed by atoms with Crippen molar-refractivity contribution < 1.29 is 31.9 Å². The molecule has 10 heteroatoms. The van der Waals surface area contributed by atoms with Crippen molar-refractivity contribution in [3.05, 3.63) is 88.0 Å². The third-order valence-electron chi connectivity index (χ3n) is 4.97. The Labute approximate surface area is 207 Å². The first-order chi connectivity index (χ1) is 16.7. The van der Waals surface area contributed by atoms with E-state index in [0.717, 1.165) is 29.0 Å². The van der Waals surface area contributed by atoms with E-state index in [-0.39, 0.29) is 34.3 Å². The van der Waals surface area contributed by atoms with Crippen molar-refractivity contribution in [3.8, 4) is 22.5 Å². The molecule has 2 aromatic heterocycles. The van der Waals surface area contributed by atoms with Crippen molar-refractivity contribution in [2.24, 2.45) is 0 Å². The summed E-state index contributed by atoms with van der Waals surface area (Å²) < 4.78 is 50.3. The van der Waals surface area contributed by atoms with Crippen LogP contribution in [-0.2, 0) is 10.9 Å². The number of hydrogen-bond acceptors (Lipinski definition) is 5. The van der Waals surface area contributed by atoms with Crippen molar-refractivity contribution in [2.45, 2.75) is 13.1 Å². The summed E-state index contributed by atoms with van der Waals surface area (Å²) in [6, 6.07) is 15.2. The number of ether oxygens (including phenoxy) is 1. The highest BCUT2D eigenvalue weighted by atomic mass is 35.5. The zero-order valence-corrected chi connectivity index (χ0v) is 19.7. The number of anilines is 1. The van der Waals surface area contributed by atoms with Crippen LogP contribution in [0.1, 0.15) is 33.4 Å². The third-order valence-corrected chi connectivity index (χ3v) is 6.19. The highest BCUT2D eigenvalue weighted by Crippen LogP contribution is 2.38. The summed E-state index contributed by atoms with van der Waals surface area (Å²) in [5.74, 6) is -1.36. The predicted octanol–water partition coefficient (Wildman–Crippen LogP) is 7.78. The minimum Gasteiger partial charge on any atom is -0.462 e. The molecule has 0 atom stereocenters. The second-order valence-corrected chi connectivity index (χ2v) is 8.54. The molecule has 0 bridgehead atoms. The number of esters is 1. The lowest BCUT2D eigenvalue weighted by Crippen LogP contribution is -2.14. The van der Waals surface area contributed by atoms with Crippen molar-refractivity contribution in [1.82, 2.24) is 0 Å². The van der Waals surface area contributed by atoms with E-state index in [1.165, 1.54) is 18.2 Å². The van der Waals surface area contributed by atoms with Gasteiger partial charge >= 0.3 is 12.1 Å². The molecule has 5 nitrogen and oxygen atoms in total. The van der Waals surface area contributed by atoms with Gasteiger partial charge in [-0.2, -0.15) is 13.2 Å². The fourth-order valence-corrected chi connectivity index (χ4v) is 4.54. The molecule has 0 saturated carbocycles. The van der Waals surface area contributed by atoms with Crippen molar-refractivity contribution in [3.63, 3.8) is 0 Å². The van der Waals surface area contributed by atoms with Gasteiger partial charge < -0.3 is 14.5 Å². The quantitative estimate of drug-likeness (QED) is 0.264. The Bertz CT molecular complexity index is 1380. The Kier molecular flexibility index (Phi) is 7.00. The molecule has 0 saturated heterocycles. The van der Waals surface area contributed by atoms with Crippen LogP contribution in [0, 0.1) is 0 Å². The van der Waals surface area contributed by atoms with Gasteiger partial charge in [0, 0.05) is 16.5 Å². The van der Waals surface area contributed by atoms with Crippen LogP contribution in [0.2, 0.25) is 5.02 Å². The van der Waals surface area contributed by atoms with Gasteiger partial charge in [0.2, 0.25) is 0 Å². The third kappa shape index (κ3) is 5.26. The molecule has 0 aliphatic heterocycles. The lowest BCUT2D eigenvalue weighted by Gasteiger charge is -2.10. The van der Waals surface area contributed by atoms with E-state index < -0.39 is 28.6 Å². The van der Waals surface area contributed by atoms with E-state index in [1.54, 1.807) is 12.3 Å². The smallest absolute Gasteiger partial charge is 0.417 e. The highest BCUT2D eigenvalue weighted by Gasteiger charge is 2.33. The van der Waals surface area contributed by atoms with Crippen molar-refractivity contribution in [2.75, 3.05) is 11.9 Å². The molecular formula is C25H17ClF3NO4S. The number of hydrogen-bond donors (Lipinski definition) is 1. The molecule has 180 valence electrons. The Balaban J connectivity index is 1.62. The van der Waals surface area contributed by atoms with Gasteiger partial charge in [0.15, 0.2) is 5.76 Å². The number of benzene rings is 2. The number of carbonyl (C=O) groups excluding carboxylic acids is 2. The fourth-order valence-electron chi connectivity index (χ4n) is 3.36. The van der Waals surface area contributed by atoms with Crippen LogP contribution < -0.4 is 5.32 Å². The number of thiophene rings is 1. The molecule has 4 rings (SSSR count). The Morgan fingerprint density at radius 1 is 1.06 bits per heavy atom. The maximum absolute atomic E-state index is 13.2. The number of furan rings is 1. The van der Waals surface area contributed by atoms with E-state index >= 15 is 0 Å². The van der Waals surface area contributed by atoms with Crippen LogP contribution in [0.25, 0.3) is 22.5 Å². The molecule has 1 amide bonds. The van der Waals surface area contributed by atoms with E-state index in [1.807, 2.05) is 30.3 Å². The standard InChI is InChI=1S/C25H17ClF3NO4S/c1-2-33-24(32)21-16(14-6-4-3-5-7-14)13-35-23(21)30-22(31)20-11-10-19(34-20)15-8-9-18(26)17(12-15)25(27,28)29/h3-13H,2H2,1H3,(H,30,31). The van der Waals surface area contributed by atoms with Crippen molar-refractivity contribution in [1.29, 1.82) is 0 Å². The number of alkyl halides is 3. The number of rotatable bonds is 6. The zero-order valence-electron chi connectivity index (χ0n) is 18.1. The van der Waals surface area contributed by atoms with Crippen LogP contribution in [0.4, 0.5) is 18.2 Å². The van der Waals surface area contributed by atoms with Crippen LogP contribution in [-0.4, -0.2) is 18.5 Å². The van der Waals surface area contributed by atoms with E-state index in [9.17, 15) is 22.8 Å². The summed E-state index contributed by atoms with van der Waals surface area (Å²) in [4.78, 5) is 25.5. The highest BCUT2D eigenvalue weighted by molar-refractivity contribution is 7.15. The van der Waals surface area contributed by atoms with Gasteiger partial charge in [0.25, 0.3) is 5.91 Å². The summed E-state index contributed by atoms with van der Waals surface area (Å²) in [5, 5.41) is 4.20. The first kappa shape index (κ1) is 24.6. The molecule has 0 spiro atoms. The topological polar surface area (TPSA) is 68.5 Å². The predicted molar refractivity (Wildman–Crippen MR) is 128 cm³/mol. The maximum Gasteiger partial charge on any atom is 0.417 e. The molecule has 0 unspecified atom stereocenters. The SMILES string of the molecule is CCOC(=O)c1c(-c2ccccc2)csc1NC(=O)c1ccc(-c2ccc(Cl)c(C(F)(F)F)c2)o1. The monoisotopic (exact) mass is 519 g/mol. The van der Waals surface area contributed by atoms with Crippen LogP contribution in [0.5, 0.6) is 0 Å². The summed E-state index contributed by atoms with van der Waals surface area (Å²) in [7, 11) is 0. The molecular weight excluding hydrogens is 503 g/mol. The van der Waals surface area contributed by atoms with E-state index in [2.05, 4.69) is 5.32 Å². The first-order valence-electron chi connectivity index (χ1n) is 10.3. The molecule has 0 fully saturated rings. The minimum absolute atomic E-state index is 0.0547. The van der Waals surface area contributed by atoms with Gasteiger partial charge in [-0.05, 0) is 42.8 Å². The number of carbonyl (C=O) groups is 2. The van der Waals surface area contributed by atoms with E-state index in [0.29, 0.717) is 5.56 Å². The molecule has 1 N–H and O–H groups in total. The van der Waals surface area contributed by atoms with E-state index in [4.69, 9.17) is 20.8 Å². The summed E-state index contributed by atoms with van der Waals surface area (Å²) in [6.07, 6.45) is -4.64. The maximum atomic E-state index is 13.2. The molecule has 0 aliphatic carbocycles. The summed E-state index contributed by atoms with van der Waals surface area (Å²) in [5.41, 5.74) is 0.678. The minimum atomic E-state index is -4.64. The Morgan fingerprint density at radius 3 is 2.49 bits per heavy atom. The fraction of sp³-hybridized carbons (Fsp3) is 0.120. The van der Waals surface area contributed by atoms with Crippen LogP contribution in [0.3, 0.4) is 0 Å². The second-order valence-electron chi connectivity index (χ2n) is 7.25. The molecule has 4 aromatic rings. The molecule has 35 heavy (non-hydrogen) atoms. The lowest BCUT2D eigenvalue weighted by molar-refractivity contribution is -0.137. The molecule has 2 aromatic carbocycles. The first-order valence-corrected chi connectivity index (χ1v) is 11.6. The Morgan fingerprint density at radius 2 is 1.80 bits per heavy atom. The number of nitrogens with one attached hydrogen (secondary N) is 1. The summed E-state index contributed by atoms with van der Waals surface area (Å²) >= 11 is 6.82. The van der Waals surface area contributed by atoms with Gasteiger partial charge in [-0.15, -0.1) is 11.3 Å². The average Bonchev–Trinajstić information content (AvgIpc) is 3.47. The molecule has 2 heterocycles. The lowest BCUT2D eigenvalue weighted by atomic mass is 10.0. The average molecular weight is 520 g/mol. The number of amides is 1. The zero-order chi connectivity index (χ0) is 25.2. The Hall–Kier alpha value is -3.56. The van der Waals surface area contributed by atoms with Crippen LogP contribution in [0.15, 0.2) is 70.5 Å². The largest absolute Gasteiger partial charge is 0.462 e. The van der Waals surface area contributed by atoms with Gasteiger partial charge in [-0.3, -0.25) is 4.79 Å². The summed E-state index contributed by atoms with van der Waals surface area (Å²) in [6.45, 7) is 1.83. The van der Waals surface area contributed by atoms with Crippen molar-refractivity contribution >= 4 is 39.8 Å². The van der Waals surface area contributed by atoms with Gasteiger partial charge in [-0.25, -0.2) is 4.79 Å². The van der Waals surface area contributed by atoms with Gasteiger partial charge in [0.05, 0.1) is 17.2 Å². The number of halogens is 4.